The number of nitrogens with one attached hydrogen (secondary N) is 3. The van der Waals surface area contributed by atoms with Crippen LogP contribution in [0.25, 0.3) is 22.1 Å². The lowest BCUT2D eigenvalue weighted by molar-refractivity contribution is 0.183. The Hall–Kier alpha value is -3.52. The summed E-state index contributed by atoms with van der Waals surface area (Å²) in [5.41, 5.74) is 3.48. The first-order chi connectivity index (χ1) is 13.5. The number of aromatic nitrogens is 4. The van der Waals surface area contributed by atoms with Gasteiger partial charge in [0.05, 0.1) is 5.52 Å². The van der Waals surface area contributed by atoms with Gasteiger partial charge in [-0.3, -0.25) is 9.78 Å². The SMILES string of the molecule is O=c1c2nc(cc3ccc(cc4[nH]c(cc5[nH]c1c(O)c5O)CC4)[nH]3)CC2O. The van der Waals surface area contributed by atoms with Gasteiger partial charge < -0.3 is 30.3 Å². The molecule has 28 heavy (non-hydrogen) atoms. The highest BCUT2D eigenvalue weighted by Gasteiger charge is 2.23. The normalized spacial score (nSPS) is 16.4. The lowest BCUT2D eigenvalue weighted by Gasteiger charge is -1.96. The molecule has 5 heterocycles. The summed E-state index contributed by atoms with van der Waals surface area (Å²) in [6.45, 7) is 0. The van der Waals surface area contributed by atoms with Crippen LogP contribution in [0.4, 0.5) is 0 Å². The fraction of sp³-hybridized carbons (Fsp3) is 0.200. The Morgan fingerprint density at radius 2 is 1.64 bits per heavy atom. The molecule has 3 aromatic heterocycles. The van der Waals surface area contributed by atoms with E-state index in [1.807, 2.05) is 18.2 Å². The molecule has 8 heteroatoms. The molecule has 0 saturated carbocycles. The Morgan fingerprint density at radius 3 is 2.43 bits per heavy atom. The maximum atomic E-state index is 12.8. The Labute approximate surface area is 158 Å². The maximum Gasteiger partial charge on any atom is 0.230 e. The maximum absolute atomic E-state index is 12.8. The van der Waals surface area contributed by atoms with Crippen LogP contribution in [0.2, 0.25) is 0 Å². The van der Waals surface area contributed by atoms with Gasteiger partial charge in [-0.1, -0.05) is 0 Å². The van der Waals surface area contributed by atoms with Crippen LogP contribution >= 0.6 is 0 Å². The largest absolute Gasteiger partial charge is 0.503 e. The highest BCUT2D eigenvalue weighted by molar-refractivity contribution is 5.79. The minimum Gasteiger partial charge on any atom is -0.503 e. The quantitative estimate of drug-likeness (QED) is 0.356. The third-order valence-electron chi connectivity index (χ3n) is 5.10. The van der Waals surface area contributed by atoms with Crippen molar-refractivity contribution in [1.82, 2.24) is 19.9 Å². The lowest BCUT2D eigenvalue weighted by atomic mass is 10.2. The number of H-pyrrole nitrogens is 3. The molecule has 0 fully saturated rings. The first-order valence-corrected chi connectivity index (χ1v) is 9.01. The minimum absolute atomic E-state index is 0.0675. The number of aryl methyl sites for hydroxylation is 2. The zero-order chi connectivity index (χ0) is 19.4. The van der Waals surface area contributed by atoms with Gasteiger partial charge in [-0.25, -0.2) is 0 Å². The molecule has 0 spiro atoms. The number of aromatic hydroxyl groups is 2. The molecule has 1 atom stereocenters. The molecule has 0 aromatic carbocycles. The minimum atomic E-state index is -1.07. The molecule has 8 nitrogen and oxygen atoms in total. The van der Waals surface area contributed by atoms with Gasteiger partial charge >= 0.3 is 0 Å². The summed E-state index contributed by atoms with van der Waals surface area (Å²) in [7, 11) is 0. The third-order valence-corrected chi connectivity index (χ3v) is 5.10. The molecular formula is C20H18N4O4. The van der Waals surface area contributed by atoms with Gasteiger partial charge in [0.25, 0.3) is 0 Å². The van der Waals surface area contributed by atoms with E-state index < -0.39 is 23.0 Å². The van der Waals surface area contributed by atoms with Crippen molar-refractivity contribution in [3.63, 3.8) is 0 Å². The standard InChI is InChI=1S/C20H18N4O4/c25-15-8-13-6-11-2-1-9(21-11)5-10-3-4-12(22-10)7-14-18(26)20(28)17(24-14)19(27)16(15)23-13/h1-2,5-7,15,21-22,24-26,28H,3-4,8H2. The topological polar surface area (TPSA) is 138 Å². The Bertz CT molecular complexity index is 1320. The van der Waals surface area contributed by atoms with E-state index in [-0.39, 0.29) is 23.1 Å². The molecular weight excluding hydrogens is 360 g/mol. The summed E-state index contributed by atoms with van der Waals surface area (Å²) in [6, 6.07) is 9.31. The summed E-state index contributed by atoms with van der Waals surface area (Å²) >= 11 is 0. The molecule has 1 unspecified atom stereocenters. The second-order valence-electron chi connectivity index (χ2n) is 7.13. The second-order valence-corrected chi connectivity index (χ2v) is 7.13. The summed E-state index contributed by atoms with van der Waals surface area (Å²) in [5.74, 6) is -0.951. The smallest absolute Gasteiger partial charge is 0.230 e. The van der Waals surface area contributed by atoms with Crippen molar-refractivity contribution in [3.05, 3.63) is 63.3 Å². The van der Waals surface area contributed by atoms with Crippen LogP contribution in [0.5, 0.6) is 11.5 Å². The van der Waals surface area contributed by atoms with Crippen LogP contribution in [-0.4, -0.2) is 35.3 Å². The van der Waals surface area contributed by atoms with Crippen LogP contribution in [0.15, 0.2) is 35.1 Å². The first-order valence-electron chi connectivity index (χ1n) is 9.01. The number of aromatic amines is 3. The number of fused-ring (bicyclic) bond motifs is 8. The van der Waals surface area contributed by atoms with E-state index in [9.17, 15) is 20.1 Å². The summed E-state index contributed by atoms with van der Waals surface area (Å²) in [6.07, 6.45) is 0.662. The average Bonchev–Trinajstić information content (AvgIpc) is 3.42. The fourth-order valence-corrected chi connectivity index (χ4v) is 3.72. The van der Waals surface area contributed by atoms with Crippen LogP contribution in [0.3, 0.4) is 0 Å². The highest BCUT2D eigenvalue weighted by Crippen LogP contribution is 2.33. The highest BCUT2D eigenvalue weighted by atomic mass is 16.3. The Kier molecular flexibility index (Phi) is 3.56. The summed E-state index contributed by atoms with van der Waals surface area (Å²) < 4.78 is 0. The van der Waals surface area contributed by atoms with Gasteiger partial charge in [0, 0.05) is 34.5 Å². The van der Waals surface area contributed by atoms with Gasteiger partial charge in [0.1, 0.15) is 17.3 Å². The van der Waals surface area contributed by atoms with Gasteiger partial charge in [0.15, 0.2) is 11.5 Å². The summed E-state index contributed by atoms with van der Waals surface area (Å²) in [5, 5.41) is 30.8. The zero-order valence-electron chi connectivity index (χ0n) is 14.8. The van der Waals surface area contributed by atoms with Crippen molar-refractivity contribution in [2.24, 2.45) is 0 Å². The van der Waals surface area contributed by atoms with Crippen molar-refractivity contribution in [2.45, 2.75) is 25.4 Å². The van der Waals surface area contributed by atoms with Crippen LogP contribution in [-0.2, 0) is 19.3 Å². The van der Waals surface area contributed by atoms with Crippen molar-refractivity contribution >= 4 is 22.1 Å². The molecule has 8 bridgehead atoms. The number of aliphatic hydroxyl groups is 1. The third kappa shape index (κ3) is 2.66. The van der Waals surface area contributed by atoms with Crippen molar-refractivity contribution < 1.29 is 15.3 Å². The summed E-state index contributed by atoms with van der Waals surface area (Å²) in [4.78, 5) is 26.4. The van der Waals surface area contributed by atoms with Gasteiger partial charge in [0.2, 0.25) is 5.43 Å². The monoisotopic (exact) mass is 378 g/mol. The van der Waals surface area contributed by atoms with Gasteiger partial charge in [-0.05, 0) is 43.2 Å². The Balaban J connectivity index is 1.92. The van der Waals surface area contributed by atoms with Gasteiger partial charge in [-0.2, -0.15) is 0 Å². The molecule has 142 valence electrons. The average molecular weight is 378 g/mol. The van der Waals surface area contributed by atoms with Crippen LogP contribution in [0.1, 0.15) is 28.9 Å². The van der Waals surface area contributed by atoms with Crippen molar-refractivity contribution in [1.29, 1.82) is 0 Å². The molecule has 0 saturated heterocycles. The number of nitrogens with zero attached hydrogens (tertiary/aromatic N) is 1. The molecule has 5 rings (SSSR count). The van der Waals surface area contributed by atoms with Crippen molar-refractivity contribution in [3.8, 4) is 11.5 Å². The van der Waals surface area contributed by atoms with E-state index in [0.717, 1.165) is 35.3 Å². The van der Waals surface area contributed by atoms with E-state index in [2.05, 4.69) is 19.9 Å². The second kappa shape index (κ2) is 6.00. The predicted octanol–water partition coefficient (Wildman–Crippen LogP) is 2.08. The van der Waals surface area contributed by atoms with Crippen LogP contribution < -0.4 is 5.43 Å². The number of hydrogen-bond donors (Lipinski definition) is 6. The molecule has 2 aliphatic rings. The zero-order valence-corrected chi connectivity index (χ0v) is 14.8. The molecule has 3 aromatic rings. The number of rotatable bonds is 0. The Morgan fingerprint density at radius 1 is 0.929 bits per heavy atom. The molecule has 0 radical (unpaired) electrons. The van der Waals surface area contributed by atoms with Crippen LogP contribution in [0, 0.1) is 0 Å². The van der Waals surface area contributed by atoms with Gasteiger partial charge in [-0.15, -0.1) is 0 Å². The van der Waals surface area contributed by atoms with Crippen molar-refractivity contribution in [2.75, 3.05) is 0 Å². The van der Waals surface area contributed by atoms with E-state index in [0.29, 0.717) is 5.69 Å². The predicted molar refractivity (Wildman–Crippen MR) is 103 cm³/mol. The first kappa shape index (κ1) is 16.6. The molecule has 2 aliphatic heterocycles. The van der Waals surface area contributed by atoms with E-state index >= 15 is 0 Å². The molecule has 0 aliphatic carbocycles. The van der Waals surface area contributed by atoms with E-state index in [4.69, 9.17) is 0 Å². The van der Waals surface area contributed by atoms with E-state index in [1.54, 1.807) is 12.1 Å². The molecule has 0 amide bonds. The fourth-order valence-electron chi connectivity index (χ4n) is 3.72. The van der Waals surface area contributed by atoms with E-state index in [1.165, 1.54) is 0 Å². The number of aliphatic hydroxyl groups excluding tert-OH is 1. The lowest BCUT2D eigenvalue weighted by Crippen LogP contribution is -2.10. The molecule has 6 N–H and O–H groups in total. The number of hydrogen-bond acceptors (Lipinski definition) is 5.